The summed E-state index contributed by atoms with van der Waals surface area (Å²) in [6.45, 7) is 2.28. The van der Waals surface area contributed by atoms with Gasteiger partial charge in [0, 0.05) is 5.54 Å². The summed E-state index contributed by atoms with van der Waals surface area (Å²) in [4.78, 5) is 0. The monoisotopic (exact) mass is 258 g/mol. The minimum absolute atomic E-state index is 0.0351. The lowest BCUT2D eigenvalue weighted by Crippen LogP contribution is -2.40. The predicted molar refractivity (Wildman–Crippen MR) is 80.3 cm³/mol. The lowest BCUT2D eigenvalue weighted by molar-refractivity contribution is 0.314. The Morgan fingerprint density at radius 2 is 0.889 bits per heavy atom. The maximum atomic E-state index is 6.48. The van der Waals surface area contributed by atoms with Gasteiger partial charge in [0.25, 0.3) is 0 Å². The fourth-order valence-electron chi connectivity index (χ4n) is 2.43. The first kappa shape index (κ1) is 17.8. The smallest absolute Gasteiger partial charge is 0.0155 e. The number of hydrogen-bond acceptors (Lipinski definition) is 4. The Hall–Kier alpha value is -0.160. The number of nitrogens with two attached hydrogens (primary N) is 4. The van der Waals surface area contributed by atoms with Crippen molar-refractivity contribution in [1.29, 1.82) is 0 Å². The standard InChI is InChI=1S/C14H34N4/c15-11-5-3-1-2-4-8-14(18,9-6-12-16)10-7-13-17/h1-13,15-18H2. The van der Waals surface area contributed by atoms with Crippen LogP contribution in [0.3, 0.4) is 0 Å². The Labute approximate surface area is 113 Å². The van der Waals surface area contributed by atoms with Crippen molar-refractivity contribution >= 4 is 0 Å². The van der Waals surface area contributed by atoms with E-state index in [-0.39, 0.29) is 5.54 Å². The van der Waals surface area contributed by atoms with Crippen molar-refractivity contribution in [3.8, 4) is 0 Å². The molecule has 0 atom stereocenters. The Morgan fingerprint density at radius 3 is 1.39 bits per heavy atom. The van der Waals surface area contributed by atoms with Crippen LogP contribution in [0.4, 0.5) is 0 Å². The van der Waals surface area contributed by atoms with Crippen LogP contribution in [0.5, 0.6) is 0 Å². The molecule has 0 unspecified atom stereocenters. The van der Waals surface area contributed by atoms with Crippen molar-refractivity contribution in [2.24, 2.45) is 22.9 Å². The van der Waals surface area contributed by atoms with Crippen LogP contribution in [0, 0.1) is 0 Å². The van der Waals surface area contributed by atoms with E-state index in [9.17, 15) is 0 Å². The first-order valence-corrected chi connectivity index (χ1v) is 7.57. The van der Waals surface area contributed by atoms with E-state index in [1.165, 1.54) is 25.7 Å². The zero-order valence-corrected chi connectivity index (χ0v) is 12.0. The maximum absolute atomic E-state index is 6.48. The molecule has 0 aromatic heterocycles. The molecule has 0 aliphatic rings. The molecule has 18 heavy (non-hydrogen) atoms. The summed E-state index contributed by atoms with van der Waals surface area (Å²) >= 11 is 0. The Balaban J connectivity index is 3.77. The highest BCUT2D eigenvalue weighted by Crippen LogP contribution is 2.23. The van der Waals surface area contributed by atoms with Gasteiger partial charge in [0.15, 0.2) is 0 Å². The maximum Gasteiger partial charge on any atom is 0.0155 e. The molecule has 0 radical (unpaired) electrons. The van der Waals surface area contributed by atoms with Crippen LogP contribution in [0.2, 0.25) is 0 Å². The molecule has 0 fully saturated rings. The van der Waals surface area contributed by atoms with Crippen LogP contribution in [-0.2, 0) is 0 Å². The van der Waals surface area contributed by atoms with Crippen LogP contribution in [0.15, 0.2) is 0 Å². The fraction of sp³-hybridized carbons (Fsp3) is 1.00. The zero-order valence-electron chi connectivity index (χ0n) is 12.0. The van der Waals surface area contributed by atoms with Gasteiger partial charge >= 0.3 is 0 Å². The summed E-state index contributed by atoms with van der Waals surface area (Å²) in [5.74, 6) is 0. The molecule has 0 saturated heterocycles. The molecular formula is C14H34N4. The zero-order chi connectivity index (χ0) is 13.7. The molecule has 0 saturated carbocycles. The molecular weight excluding hydrogens is 224 g/mol. The van der Waals surface area contributed by atoms with Crippen molar-refractivity contribution in [2.75, 3.05) is 19.6 Å². The van der Waals surface area contributed by atoms with Crippen LogP contribution in [0.1, 0.15) is 64.2 Å². The SMILES string of the molecule is NCCCCCCCC(N)(CCCN)CCCN. The van der Waals surface area contributed by atoms with Crippen LogP contribution >= 0.6 is 0 Å². The van der Waals surface area contributed by atoms with E-state index in [1.54, 1.807) is 0 Å². The third-order valence-corrected chi connectivity index (χ3v) is 3.64. The molecule has 8 N–H and O–H groups in total. The molecule has 0 aromatic carbocycles. The molecule has 0 aliphatic carbocycles. The van der Waals surface area contributed by atoms with Gasteiger partial charge in [-0.15, -0.1) is 0 Å². The quantitative estimate of drug-likeness (QED) is 0.375. The Bertz CT molecular complexity index is 165. The average Bonchev–Trinajstić information content (AvgIpc) is 2.38. The molecule has 0 heterocycles. The minimum atomic E-state index is -0.0351. The van der Waals surface area contributed by atoms with E-state index in [4.69, 9.17) is 22.9 Å². The highest BCUT2D eigenvalue weighted by Gasteiger charge is 2.22. The molecule has 0 aliphatic heterocycles. The largest absolute Gasteiger partial charge is 0.330 e. The summed E-state index contributed by atoms with van der Waals surface area (Å²) in [5, 5.41) is 0. The van der Waals surface area contributed by atoms with Crippen LogP contribution in [0.25, 0.3) is 0 Å². The minimum Gasteiger partial charge on any atom is -0.330 e. The van der Waals surface area contributed by atoms with Gasteiger partial charge in [-0.1, -0.05) is 25.7 Å². The number of unbranched alkanes of at least 4 members (excludes halogenated alkanes) is 4. The second-order valence-corrected chi connectivity index (χ2v) is 5.45. The van der Waals surface area contributed by atoms with Crippen molar-refractivity contribution in [1.82, 2.24) is 0 Å². The topological polar surface area (TPSA) is 104 Å². The first-order chi connectivity index (χ1) is 8.68. The highest BCUT2D eigenvalue weighted by molar-refractivity contribution is 4.84. The van der Waals surface area contributed by atoms with Gasteiger partial charge in [-0.05, 0) is 58.2 Å². The predicted octanol–water partition coefficient (Wildman–Crippen LogP) is 1.46. The Morgan fingerprint density at radius 1 is 0.500 bits per heavy atom. The van der Waals surface area contributed by atoms with Crippen LogP contribution in [-0.4, -0.2) is 25.2 Å². The molecule has 4 nitrogen and oxygen atoms in total. The van der Waals surface area contributed by atoms with Crippen molar-refractivity contribution in [3.05, 3.63) is 0 Å². The second-order valence-electron chi connectivity index (χ2n) is 5.45. The lowest BCUT2D eigenvalue weighted by Gasteiger charge is -2.29. The molecule has 0 spiro atoms. The molecule has 0 amide bonds. The summed E-state index contributed by atoms with van der Waals surface area (Å²) in [5.41, 5.74) is 23.1. The summed E-state index contributed by atoms with van der Waals surface area (Å²) in [6, 6.07) is 0. The van der Waals surface area contributed by atoms with E-state index in [0.717, 1.165) is 58.2 Å². The average molecular weight is 258 g/mol. The van der Waals surface area contributed by atoms with E-state index < -0.39 is 0 Å². The second kappa shape index (κ2) is 11.9. The van der Waals surface area contributed by atoms with Gasteiger partial charge in [0.2, 0.25) is 0 Å². The van der Waals surface area contributed by atoms with Gasteiger partial charge in [0.1, 0.15) is 0 Å². The van der Waals surface area contributed by atoms with Gasteiger partial charge in [-0.25, -0.2) is 0 Å². The van der Waals surface area contributed by atoms with Crippen molar-refractivity contribution < 1.29 is 0 Å². The third kappa shape index (κ3) is 9.83. The van der Waals surface area contributed by atoms with E-state index in [2.05, 4.69) is 0 Å². The summed E-state index contributed by atoms with van der Waals surface area (Å²) in [7, 11) is 0. The fourth-order valence-corrected chi connectivity index (χ4v) is 2.43. The van der Waals surface area contributed by atoms with E-state index in [0.29, 0.717) is 0 Å². The summed E-state index contributed by atoms with van der Waals surface area (Å²) < 4.78 is 0. The van der Waals surface area contributed by atoms with E-state index >= 15 is 0 Å². The van der Waals surface area contributed by atoms with Gasteiger partial charge < -0.3 is 22.9 Å². The normalized spacial score (nSPS) is 12.0. The first-order valence-electron chi connectivity index (χ1n) is 7.57. The van der Waals surface area contributed by atoms with E-state index in [1.807, 2.05) is 0 Å². The number of hydrogen-bond donors (Lipinski definition) is 4. The van der Waals surface area contributed by atoms with Gasteiger partial charge in [-0.2, -0.15) is 0 Å². The highest BCUT2D eigenvalue weighted by atomic mass is 14.7. The molecule has 4 heteroatoms. The molecule has 0 rings (SSSR count). The van der Waals surface area contributed by atoms with Crippen molar-refractivity contribution in [2.45, 2.75) is 69.7 Å². The number of rotatable bonds is 13. The van der Waals surface area contributed by atoms with Gasteiger partial charge in [0.05, 0.1) is 0 Å². The summed E-state index contributed by atoms with van der Waals surface area (Å²) in [6.07, 6.45) is 11.4. The van der Waals surface area contributed by atoms with Gasteiger partial charge in [-0.3, -0.25) is 0 Å². The van der Waals surface area contributed by atoms with Crippen LogP contribution < -0.4 is 22.9 Å². The lowest BCUT2D eigenvalue weighted by atomic mass is 9.84. The molecule has 0 aromatic rings. The Kier molecular flexibility index (Phi) is 11.8. The third-order valence-electron chi connectivity index (χ3n) is 3.64. The molecule has 110 valence electrons. The molecule has 0 bridgehead atoms. The van der Waals surface area contributed by atoms with Crippen molar-refractivity contribution in [3.63, 3.8) is 0 Å².